The first kappa shape index (κ1) is 14.2. The Bertz CT molecular complexity index is 427. The average molecular weight is 265 g/mol. The molecule has 1 aromatic rings. The number of benzene rings is 1. The van der Waals surface area contributed by atoms with Crippen molar-refractivity contribution < 1.29 is 14.2 Å². The Morgan fingerprint density at radius 2 is 2.05 bits per heavy atom. The third kappa shape index (κ3) is 2.85. The lowest BCUT2D eigenvalue weighted by molar-refractivity contribution is -0.0665. The van der Waals surface area contributed by atoms with Crippen LogP contribution in [0.1, 0.15) is 25.3 Å². The predicted octanol–water partition coefficient (Wildman–Crippen LogP) is 2.10. The summed E-state index contributed by atoms with van der Waals surface area (Å²) in [6, 6.07) is 6.20. The molecule has 1 saturated heterocycles. The molecule has 2 N–H and O–H groups in total. The zero-order valence-electron chi connectivity index (χ0n) is 11.9. The number of nitrogens with two attached hydrogens (primary N) is 1. The van der Waals surface area contributed by atoms with E-state index in [1.807, 2.05) is 19.1 Å². The molecule has 0 saturated carbocycles. The second-order valence-electron chi connectivity index (χ2n) is 5.36. The Balaban J connectivity index is 2.27. The smallest absolute Gasteiger partial charge is 0.126 e. The third-order valence-corrected chi connectivity index (χ3v) is 3.81. The molecule has 1 aliphatic rings. The standard InChI is InChI=1S/C15H23NO3/c1-11(16)6-7-15(9-19-10-15)13-5-4-12(17-2)8-14(13)18-3/h4-5,8,11H,6-7,9-10,16H2,1-3H3. The van der Waals surface area contributed by atoms with Crippen LogP contribution in [0.5, 0.6) is 11.5 Å². The summed E-state index contributed by atoms with van der Waals surface area (Å²) in [6.07, 6.45) is 2.01. The Morgan fingerprint density at radius 3 is 2.53 bits per heavy atom. The maximum absolute atomic E-state index is 5.88. The van der Waals surface area contributed by atoms with Crippen LogP contribution in [0, 0.1) is 0 Å². The van der Waals surface area contributed by atoms with Crippen LogP contribution < -0.4 is 15.2 Å². The summed E-state index contributed by atoms with van der Waals surface area (Å²) in [5.74, 6) is 1.68. The number of hydrogen-bond donors (Lipinski definition) is 1. The fourth-order valence-electron chi connectivity index (χ4n) is 2.52. The Hall–Kier alpha value is -1.26. The maximum atomic E-state index is 5.88. The largest absolute Gasteiger partial charge is 0.497 e. The second kappa shape index (κ2) is 5.80. The minimum absolute atomic E-state index is 0.0469. The molecule has 0 spiro atoms. The van der Waals surface area contributed by atoms with Gasteiger partial charge in [-0.05, 0) is 25.8 Å². The van der Waals surface area contributed by atoms with Crippen LogP contribution >= 0.6 is 0 Å². The zero-order chi connectivity index (χ0) is 13.9. The highest BCUT2D eigenvalue weighted by Crippen LogP contribution is 2.42. The second-order valence-corrected chi connectivity index (χ2v) is 5.36. The molecule has 1 fully saturated rings. The minimum atomic E-state index is 0.0469. The van der Waals surface area contributed by atoms with Crippen LogP contribution in [0.4, 0.5) is 0 Å². The molecule has 0 radical (unpaired) electrons. The fraction of sp³-hybridized carbons (Fsp3) is 0.600. The van der Waals surface area contributed by atoms with E-state index < -0.39 is 0 Å². The van der Waals surface area contributed by atoms with Gasteiger partial charge in [-0.2, -0.15) is 0 Å². The SMILES string of the molecule is COc1ccc(C2(CCC(C)N)COC2)c(OC)c1. The molecule has 106 valence electrons. The fourth-order valence-corrected chi connectivity index (χ4v) is 2.52. The molecule has 0 bridgehead atoms. The summed E-state index contributed by atoms with van der Waals surface area (Å²) in [6.45, 7) is 3.52. The molecule has 1 unspecified atom stereocenters. The van der Waals surface area contributed by atoms with Crippen molar-refractivity contribution in [2.75, 3.05) is 27.4 Å². The summed E-state index contributed by atoms with van der Waals surface area (Å²) < 4.78 is 16.2. The molecule has 1 aromatic carbocycles. The van der Waals surface area contributed by atoms with Crippen molar-refractivity contribution in [1.82, 2.24) is 0 Å². The van der Waals surface area contributed by atoms with Gasteiger partial charge in [0.15, 0.2) is 0 Å². The highest BCUT2D eigenvalue weighted by Gasteiger charge is 2.42. The van der Waals surface area contributed by atoms with Gasteiger partial charge in [-0.25, -0.2) is 0 Å². The predicted molar refractivity (Wildman–Crippen MR) is 74.9 cm³/mol. The van der Waals surface area contributed by atoms with E-state index >= 15 is 0 Å². The molecule has 0 aliphatic carbocycles. The highest BCUT2D eigenvalue weighted by molar-refractivity contribution is 5.46. The van der Waals surface area contributed by atoms with E-state index in [1.165, 1.54) is 5.56 Å². The van der Waals surface area contributed by atoms with E-state index in [4.69, 9.17) is 19.9 Å². The third-order valence-electron chi connectivity index (χ3n) is 3.81. The monoisotopic (exact) mass is 265 g/mol. The topological polar surface area (TPSA) is 53.7 Å². The summed E-state index contributed by atoms with van der Waals surface area (Å²) in [7, 11) is 3.35. The lowest BCUT2D eigenvalue weighted by atomic mass is 9.74. The van der Waals surface area contributed by atoms with E-state index in [2.05, 4.69) is 6.07 Å². The lowest BCUT2D eigenvalue weighted by Gasteiger charge is -2.43. The van der Waals surface area contributed by atoms with Crippen LogP contribution in [0.15, 0.2) is 18.2 Å². The van der Waals surface area contributed by atoms with Gasteiger partial charge in [0.1, 0.15) is 11.5 Å². The van der Waals surface area contributed by atoms with Crippen molar-refractivity contribution in [3.8, 4) is 11.5 Å². The summed E-state index contributed by atoms with van der Waals surface area (Å²) in [4.78, 5) is 0. The molecule has 1 heterocycles. The van der Waals surface area contributed by atoms with Crippen molar-refractivity contribution in [3.63, 3.8) is 0 Å². The molecular weight excluding hydrogens is 242 g/mol. The van der Waals surface area contributed by atoms with Crippen molar-refractivity contribution in [2.45, 2.75) is 31.2 Å². The summed E-state index contributed by atoms with van der Waals surface area (Å²) in [5.41, 5.74) is 7.12. The Kier molecular flexibility index (Phi) is 4.32. The van der Waals surface area contributed by atoms with Crippen molar-refractivity contribution in [1.29, 1.82) is 0 Å². The van der Waals surface area contributed by atoms with Gasteiger partial charge in [-0.3, -0.25) is 0 Å². The number of methoxy groups -OCH3 is 2. The summed E-state index contributed by atoms with van der Waals surface area (Å²) in [5, 5.41) is 0. The Morgan fingerprint density at radius 1 is 1.32 bits per heavy atom. The molecule has 4 nitrogen and oxygen atoms in total. The first-order valence-corrected chi connectivity index (χ1v) is 6.67. The first-order valence-electron chi connectivity index (χ1n) is 6.67. The minimum Gasteiger partial charge on any atom is -0.497 e. The van der Waals surface area contributed by atoms with Crippen LogP contribution in [-0.2, 0) is 10.2 Å². The summed E-state index contributed by atoms with van der Waals surface area (Å²) >= 11 is 0. The van der Waals surface area contributed by atoms with Crippen LogP contribution in [0.2, 0.25) is 0 Å². The molecule has 0 aromatic heterocycles. The highest BCUT2D eigenvalue weighted by atomic mass is 16.5. The Labute approximate surface area is 114 Å². The van der Waals surface area contributed by atoms with E-state index in [-0.39, 0.29) is 11.5 Å². The molecule has 1 atom stereocenters. The first-order chi connectivity index (χ1) is 9.11. The van der Waals surface area contributed by atoms with Crippen molar-refractivity contribution >= 4 is 0 Å². The van der Waals surface area contributed by atoms with Gasteiger partial charge in [-0.1, -0.05) is 6.07 Å². The van der Waals surface area contributed by atoms with Gasteiger partial charge in [0.05, 0.1) is 27.4 Å². The van der Waals surface area contributed by atoms with E-state index in [9.17, 15) is 0 Å². The normalized spacial score (nSPS) is 18.5. The van der Waals surface area contributed by atoms with Crippen LogP contribution in [0.3, 0.4) is 0 Å². The van der Waals surface area contributed by atoms with Gasteiger partial charge >= 0.3 is 0 Å². The van der Waals surface area contributed by atoms with Crippen molar-refractivity contribution in [2.24, 2.45) is 5.73 Å². The zero-order valence-corrected chi connectivity index (χ0v) is 11.9. The van der Waals surface area contributed by atoms with Gasteiger partial charge in [-0.15, -0.1) is 0 Å². The van der Waals surface area contributed by atoms with Crippen LogP contribution in [0.25, 0.3) is 0 Å². The quantitative estimate of drug-likeness (QED) is 0.856. The number of ether oxygens (including phenoxy) is 3. The molecule has 4 heteroatoms. The number of rotatable bonds is 6. The molecule has 0 amide bonds. The maximum Gasteiger partial charge on any atom is 0.126 e. The number of hydrogen-bond acceptors (Lipinski definition) is 4. The van der Waals surface area contributed by atoms with Gasteiger partial charge < -0.3 is 19.9 Å². The molecule has 1 aliphatic heterocycles. The van der Waals surface area contributed by atoms with Gasteiger partial charge in [0.2, 0.25) is 0 Å². The average Bonchev–Trinajstić information content (AvgIpc) is 2.37. The van der Waals surface area contributed by atoms with E-state index in [0.29, 0.717) is 0 Å². The van der Waals surface area contributed by atoms with Gasteiger partial charge in [0, 0.05) is 23.1 Å². The molecule has 19 heavy (non-hydrogen) atoms. The van der Waals surface area contributed by atoms with Crippen molar-refractivity contribution in [3.05, 3.63) is 23.8 Å². The van der Waals surface area contributed by atoms with Crippen LogP contribution in [-0.4, -0.2) is 33.5 Å². The lowest BCUT2D eigenvalue weighted by Crippen LogP contribution is -2.47. The molecular formula is C15H23NO3. The van der Waals surface area contributed by atoms with E-state index in [0.717, 1.165) is 37.6 Å². The van der Waals surface area contributed by atoms with E-state index in [1.54, 1.807) is 14.2 Å². The van der Waals surface area contributed by atoms with Gasteiger partial charge in [0.25, 0.3) is 0 Å². The molecule has 2 rings (SSSR count).